The average Bonchev–Trinajstić information content (AvgIpc) is 2.90. The number of aryl methyl sites for hydroxylation is 1. The number of ether oxygens (including phenoxy) is 1. The molecule has 0 saturated heterocycles. The minimum absolute atomic E-state index is 0.484. The number of aliphatic hydroxyl groups is 1. The Hall–Kier alpha value is -1.97. The van der Waals surface area contributed by atoms with Crippen LogP contribution in [0.2, 0.25) is 5.02 Å². The number of aliphatic hydroxyl groups excluding tert-OH is 1. The van der Waals surface area contributed by atoms with Gasteiger partial charge in [-0.25, -0.2) is 0 Å². The van der Waals surface area contributed by atoms with Gasteiger partial charge in [-0.3, -0.25) is 0 Å². The fraction of sp³-hybridized carbons (Fsp3) is 0.176. The molecular formula is C17H15ClO3. The standard InChI is InChI=1S/C17H15ClO3/c1-10-3-4-11(8-15(10)20-2)17(19)16-9-12-7-13(18)5-6-14(12)21-16/h3-9,17,19H,1-2H3. The maximum atomic E-state index is 10.5. The summed E-state index contributed by atoms with van der Waals surface area (Å²) >= 11 is 5.96. The van der Waals surface area contributed by atoms with Gasteiger partial charge < -0.3 is 14.3 Å². The Morgan fingerprint density at radius 1 is 1.14 bits per heavy atom. The van der Waals surface area contributed by atoms with Crippen molar-refractivity contribution in [3.8, 4) is 5.75 Å². The fourth-order valence-corrected chi connectivity index (χ4v) is 2.52. The highest BCUT2D eigenvalue weighted by Gasteiger charge is 2.17. The van der Waals surface area contributed by atoms with Crippen LogP contribution in [0.4, 0.5) is 0 Å². The van der Waals surface area contributed by atoms with E-state index in [1.807, 2.05) is 31.2 Å². The molecule has 0 saturated carbocycles. The van der Waals surface area contributed by atoms with Crippen LogP contribution in [0.25, 0.3) is 11.0 Å². The Morgan fingerprint density at radius 3 is 2.71 bits per heavy atom. The molecule has 1 heterocycles. The smallest absolute Gasteiger partial charge is 0.138 e. The predicted molar refractivity (Wildman–Crippen MR) is 83.0 cm³/mol. The zero-order valence-electron chi connectivity index (χ0n) is 11.8. The summed E-state index contributed by atoms with van der Waals surface area (Å²) in [6, 6.07) is 12.8. The first kappa shape index (κ1) is 14.0. The van der Waals surface area contributed by atoms with Crippen LogP contribution in [0.1, 0.15) is 23.0 Å². The predicted octanol–water partition coefficient (Wildman–Crippen LogP) is 4.48. The molecule has 21 heavy (non-hydrogen) atoms. The van der Waals surface area contributed by atoms with Crippen LogP contribution in [-0.4, -0.2) is 12.2 Å². The molecule has 0 bridgehead atoms. The van der Waals surface area contributed by atoms with Gasteiger partial charge >= 0.3 is 0 Å². The van der Waals surface area contributed by atoms with Crippen molar-refractivity contribution in [2.45, 2.75) is 13.0 Å². The first-order valence-electron chi connectivity index (χ1n) is 6.60. The molecule has 0 fully saturated rings. The van der Waals surface area contributed by atoms with E-state index in [0.29, 0.717) is 16.4 Å². The number of fused-ring (bicyclic) bond motifs is 1. The van der Waals surface area contributed by atoms with E-state index in [2.05, 4.69) is 0 Å². The zero-order valence-corrected chi connectivity index (χ0v) is 12.5. The van der Waals surface area contributed by atoms with Gasteiger partial charge in [0.2, 0.25) is 0 Å². The highest BCUT2D eigenvalue weighted by atomic mass is 35.5. The van der Waals surface area contributed by atoms with Crippen LogP contribution in [-0.2, 0) is 0 Å². The maximum absolute atomic E-state index is 10.5. The van der Waals surface area contributed by atoms with Crippen molar-refractivity contribution in [2.24, 2.45) is 0 Å². The Bertz CT molecular complexity index is 792. The van der Waals surface area contributed by atoms with Gasteiger partial charge in [0.1, 0.15) is 23.2 Å². The summed E-state index contributed by atoms with van der Waals surface area (Å²) in [7, 11) is 1.61. The summed E-state index contributed by atoms with van der Waals surface area (Å²) < 4.78 is 11.0. The van der Waals surface area contributed by atoms with Crippen LogP contribution in [0.3, 0.4) is 0 Å². The number of benzene rings is 2. The van der Waals surface area contributed by atoms with Crippen LogP contribution in [0.5, 0.6) is 5.75 Å². The Kier molecular flexibility index (Phi) is 3.62. The van der Waals surface area contributed by atoms with Gasteiger partial charge in [-0.1, -0.05) is 23.7 Å². The summed E-state index contributed by atoms with van der Waals surface area (Å²) in [5, 5.41) is 12.0. The summed E-state index contributed by atoms with van der Waals surface area (Å²) in [6.45, 7) is 1.96. The summed E-state index contributed by atoms with van der Waals surface area (Å²) in [5.41, 5.74) is 2.44. The van der Waals surface area contributed by atoms with Crippen molar-refractivity contribution in [3.63, 3.8) is 0 Å². The van der Waals surface area contributed by atoms with Gasteiger partial charge in [0.05, 0.1) is 7.11 Å². The second-order valence-corrected chi connectivity index (χ2v) is 5.40. The minimum atomic E-state index is -0.842. The number of hydrogen-bond donors (Lipinski definition) is 1. The first-order chi connectivity index (χ1) is 10.1. The molecular weight excluding hydrogens is 288 g/mol. The van der Waals surface area contributed by atoms with E-state index < -0.39 is 6.10 Å². The molecule has 1 unspecified atom stereocenters. The topological polar surface area (TPSA) is 42.6 Å². The lowest BCUT2D eigenvalue weighted by molar-refractivity contribution is 0.192. The normalized spacial score (nSPS) is 12.6. The maximum Gasteiger partial charge on any atom is 0.138 e. The highest BCUT2D eigenvalue weighted by Crippen LogP contribution is 2.31. The second kappa shape index (κ2) is 5.43. The van der Waals surface area contributed by atoms with Crippen LogP contribution >= 0.6 is 11.6 Å². The Morgan fingerprint density at radius 2 is 1.95 bits per heavy atom. The molecule has 0 aliphatic rings. The van der Waals surface area contributed by atoms with Gasteiger partial charge in [0.25, 0.3) is 0 Å². The lowest BCUT2D eigenvalue weighted by atomic mass is 10.0. The lowest BCUT2D eigenvalue weighted by Gasteiger charge is -2.11. The summed E-state index contributed by atoms with van der Waals surface area (Å²) in [6.07, 6.45) is -0.842. The quantitative estimate of drug-likeness (QED) is 0.775. The molecule has 2 aromatic carbocycles. The number of rotatable bonds is 3. The molecule has 3 aromatic rings. The SMILES string of the molecule is COc1cc(C(O)c2cc3cc(Cl)ccc3o2)ccc1C. The number of methoxy groups -OCH3 is 1. The van der Waals surface area contributed by atoms with Crippen molar-refractivity contribution in [1.29, 1.82) is 0 Å². The van der Waals surface area contributed by atoms with E-state index in [-0.39, 0.29) is 0 Å². The van der Waals surface area contributed by atoms with E-state index in [1.165, 1.54) is 0 Å². The third kappa shape index (κ3) is 2.62. The molecule has 1 atom stereocenters. The number of halogens is 1. The molecule has 0 radical (unpaired) electrons. The van der Waals surface area contributed by atoms with Gasteiger partial charge in [-0.05, 0) is 48.4 Å². The summed E-state index contributed by atoms with van der Waals surface area (Å²) in [4.78, 5) is 0. The second-order valence-electron chi connectivity index (χ2n) is 4.96. The number of hydrogen-bond acceptors (Lipinski definition) is 3. The van der Waals surface area contributed by atoms with Crippen LogP contribution in [0, 0.1) is 6.92 Å². The molecule has 4 heteroatoms. The summed E-state index contributed by atoms with van der Waals surface area (Å²) in [5.74, 6) is 1.23. The zero-order chi connectivity index (χ0) is 15.0. The molecule has 1 aromatic heterocycles. The van der Waals surface area contributed by atoms with E-state index in [0.717, 1.165) is 22.3 Å². The third-order valence-electron chi connectivity index (χ3n) is 3.51. The fourth-order valence-electron chi connectivity index (χ4n) is 2.34. The van der Waals surface area contributed by atoms with Crippen molar-refractivity contribution < 1.29 is 14.3 Å². The van der Waals surface area contributed by atoms with Crippen LogP contribution < -0.4 is 4.74 Å². The number of furan rings is 1. The molecule has 3 nitrogen and oxygen atoms in total. The molecule has 0 aliphatic heterocycles. The van der Waals surface area contributed by atoms with Crippen molar-refractivity contribution in [3.05, 3.63) is 64.4 Å². The van der Waals surface area contributed by atoms with E-state index >= 15 is 0 Å². The Labute approximate surface area is 127 Å². The van der Waals surface area contributed by atoms with E-state index in [9.17, 15) is 5.11 Å². The molecule has 0 aliphatic carbocycles. The van der Waals surface area contributed by atoms with Gasteiger partial charge in [-0.2, -0.15) is 0 Å². The van der Waals surface area contributed by atoms with Crippen molar-refractivity contribution in [2.75, 3.05) is 7.11 Å². The average molecular weight is 303 g/mol. The molecule has 0 spiro atoms. The molecule has 108 valence electrons. The Balaban J connectivity index is 2.01. The third-order valence-corrected chi connectivity index (χ3v) is 3.75. The monoisotopic (exact) mass is 302 g/mol. The lowest BCUT2D eigenvalue weighted by Crippen LogP contribution is -1.99. The van der Waals surface area contributed by atoms with Gasteiger partial charge in [0.15, 0.2) is 0 Å². The molecule has 0 amide bonds. The van der Waals surface area contributed by atoms with Gasteiger partial charge in [-0.15, -0.1) is 0 Å². The van der Waals surface area contributed by atoms with Gasteiger partial charge in [0, 0.05) is 10.4 Å². The minimum Gasteiger partial charge on any atom is -0.496 e. The largest absolute Gasteiger partial charge is 0.496 e. The van der Waals surface area contributed by atoms with Crippen molar-refractivity contribution in [1.82, 2.24) is 0 Å². The first-order valence-corrected chi connectivity index (χ1v) is 6.98. The van der Waals surface area contributed by atoms with Crippen molar-refractivity contribution >= 4 is 22.6 Å². The highest BCUT2D eigenvalue weighted by molar-refractivity contribution is 6.31. The van der Waals surface area contributed by atoms with E-state index in [4.69, 9.17) is 20.8 Å². The van der Waals surface area contributed by atoms with E-state index in [1.54, 1.807) is 25.3 Å². The molecule has 3 rings (SSSR count). The van der Waals surface area contributed by atoms with Crippen LogP contribution in [0.15, 0.2) is 46.9 Å². The molecule has 1 N–H and O–H groups in total.